The first-order chi connectivity index (χ1) is 20.3. The van der Waals surface area contributed by atoms with E-state index in [-0.39, 0.29) is 53.3 Å². The average Bonchev–Trinajstić information content (AvgIpc) is 2.93. The number of halogens is 4. The highest BCUT2D eigenvalue weighted by atomic mass is 32.2. The van der Waals surface area contributed by atoms with E-state index in [1.807, 2.05) is 11.8 Å². The van der Waals surface area contributed by atoms with Gasteiger partial charge in [0.15, 0.2) is 0 Å². The van der Waals surface area contributed by atoms with Crippen LogP contribution in [0.1, 0.15) is 25.3 Å². The molecule has 4 heterocycles. The van der Waals surface area contributed by atoms with Gasteiger partial charge in [-0.25, -0.2) is 22.1 Å². The molecule has 10 nitrogen and oxygen atoms in total. The molecule has 0 radical (unpaired) electrons. The fraction of sp³-hybridized carbons (Fsp3) is 0.464. The molecule has 2 aliphatic rings. The topological polar surface area (TPSA) is 112 Å². The van der Waals surface area contributed by atoms with E-state index in [1.54, 1.807) is 12.1 Å². The van der Waals surface area contributed by atoms with E-state index in [2.05, 4.69) is 32.4 Å². The normalized spacial score (nSPS) is 18.8. The molecule has 15 heteroatoms. The average molecular weight is 622 g/mol. The van der Waals surface area contributed by atoms with Crippen molar-refractivity contribution < 1.29 is 26.0 Å². The van der Waals surface area contributed by atoms with E-state index in [9.17, 15) is 30.8 Å². The number of alkyl halides is 3. The molecular weight excluding hydrogens is 590 g/mol. The molecule has 0 spiro atoms. The summed E-state index contributed by atoms with van der Waals surface area (Å²) in [6, 6.07) is 6.05. The zero-order chi connectivity index (χ0) is 30.9. The van der Waals surface area contributed by atoms with Crippen LogP contribution in [0.25, 0.3) is 11.0 Å². The first-order valence-corrected chi connectivity index (χ1v) is 15.6. The zero-order valence-electron chi connectivity index (χ0n) is 23.6. The van der Waals surface area contributed by atoms with Gasteiger partial charge in [-0.2, -0.15) is 18.2 Å². The third-order valence-corrected chi connectivity index (χ3v) is 8.71. The van der Waals surface area contributed by atoms with Crippen molar-refractivity contribution in [2.24, 2.45) is 5.92 Å². The van der Waals surface area contributed by atoms with Crippen molar-refractivity contribution in [1.82, 2.24) is 24.2 Å². The molecule has 2 N–H and O–H groups in total. The lowest BCUT2D eigenvalue weighted by Gasteiger charge is -2.33. The van der Waals surface area contributed by atoms with Crippen LogP contribution in [0.15, 0.2) is 35.3 Å². The van der Waals surface area contributed by atoms with Gasteiger partial charge in [-0.05, 0) is 44.0 Å². The molecule has 5 rings (SSSR count). The first kappa shape index (κ1) is 30.7. The van der Waals surface area contributed by atoms with Crippen molar-refractivity contribution in [3.63, 3.8) is 0 Å². The van der Waals surface area contributed by atoms with Gasteiger partial charge in [-0.1, -0.05) is 11.8 Å². The van der Waals surface area contributed by atoms with Gasteiger partial charge < -0.3 is 15.5 Å². The summed E-state index contributed by atoms with van der Waals surface area (Å²) in [5.41, 5.74) is -0.633. The van der Waals surface area contributed by atoms with Gasteiger partial charge >= 0.3 is 6.18 Å². The maximum Gasteiger partial charge on any atom is 0.406 e. The number of hydrogen-bond donors (Lipinski definition) is 2. The monoisotopic (exact) mass is 621 g/mol. The highest BCUT2D eigenvalue weighted by Gasteiger charge is 2.30. The number of benzene rings is 1. The molecular formula is C28H31F4N7O3S. The Morgan fingerprint density at radius 2 is 1.91 bits per heavy atom. The predicted molar refractivity (Wildman–Crippen MR) is 155 cm³/mol. The Morgan fingerprint density at radius 1 is 1.16 bits per heavy atom. The van der Waals surface area contributed by atoms with Crippen LogP contribution in [0.2, 0.25) is 0 Å². The number of piperazine rings is 1. The SMILES string of the molecule is CC1CN(c2ccc(Nc3ncc4cc(C#CC5CCN(S(C)(=O)=O)CC5)c(=O)n(CC(F)(F)F)c4n3)cc2F)CCN1. The van der Waals surface area contributed by atoms with Gasteiger partial charge in [-0.15, -0.1) is 0 Å². The standard InChI is InChI=1S/C28H31F4N7O3S/c1-18-16-37(12-9-33-18)24-6-5-22(14-23(24)29)35-27-34-15-21-13-20(26(40)39(25(21)36-27)17-28(30,31)32)4-3-19-7-10-38(11-8-19)43(2,41)42/h5-6,13-15,18-19,33H,7-12,16-17H2,1-2H3,(H,34,35,36). The Kier molecular flexibility index (Phi) is 8.64. The minimum Gasteiger partial charge on any atom is -0.366 e. The number of aromatic nitrogens is 3. The molecule has 1 unspecified atom stereocenters. The second-order valence-corrected chi connectivity index (χ2v) is 12.8. The van der Waals surface area contributed by atoms with Gasteiger partial charge in [-0.3, -0.25) is 9.36 Å². The number of pyridine rings is 1. The molecule has 0 saturated carbocycles. The number of sulfonamides is 1. The van der Waals surface area contributed by atoms with Crippen molar-refractivity contribution in [1.29, 1.82) is 0 Å². The summed E-state index contributed by atoms with van der Waals surface area (Å²) in [7, 11) is -3.32. The number of piperidine rings is 1. The van der Waals surface area contributed by atoms with E-state index in [1.165, 1.54) is 22.6 Å². The minimum atomic E-state index is -4.72. The molecule has 3 aromatic rings. The Labute approximate surface area is 246 Å². The molecule has 0 amide bonds. The van der Waals surface area contributed by atoms with Crippen LogP contribution in [0.4, 0.5) is 34.9 Å². The fourth-order valence-corrected chi connectivity index (χ4v) is 6.14. The molecule has 1 atom stereocenters. The summed E-state index contributed by atoms with van der Waals surface area (Å²) in [6.45, 7) is 2.99. The third-order valence-electron chi connectivity index (χ3n) is 7.41. The smallest absolute Gasteiger partial charge is 0.366 e. The number of nitrogens with zero attached hydrogens (tertiary/aromatic N) is 5. The zero-order valence-corrected chi connectivity index (χ0v) is 24.4. The highest BCUT2D eigenvalue weighted by Crippen LogP contribution is 2.26. The van der Waals surface area contributed by atoms with Crippen molar-refractivity contribution in [2.45, 2.75) is 38.5 Å². The summed E-state index contributed by atoms with van der Waals surface area (Å²) in [6.07, 6.45) is -1.43. The van der Waals surface area contributed by atoms with Crippen molar-refractivity contribution in [2.75, 3.05) is 49.2 Å². The molecule has 43 heavy (non-hydrogen) atoms. The van der Waals surface area contributed by atoms with Gasteiger partial charge in [0.05, 0.1) is 17.5 Å². The molecule has 2 aliphatic heterocycles. The van der Waals surface area contributed by atoms with E-state index in [0.29, 0.717) is 36.2 Å². The van der Waals surface area contributed by atoms with Crippen LogP contribution in [-0.2, 0) is 16.6 Å². The lowest BCUT2D eigenvalue weighted by atomic mass is 9.98. The van der Waals surface area contributed by atoms with Crippen LogP contribution in [0, 0.1) is 23.6 Å². The molecule has 2 aromatic heterocycles. The quantitative estimate of drug-likeness (QED) is 0.331. The molecule has 1 aromatic carbocycles. The molecule has 0 bridgehead atoms. The van der Waals surface area contributed by atoms with Crippen molar-refractivity contribution >= 4 is 38.4 Å². The van der Waals surface area contributed by atoms with Crippen LogP contribution in [0.3, 0.4) is 0 Å². The molecule has 2 fully saturated rings. The van der Waals surface area contributed by atoms with Crippen LogP contribution in [-0.4, -0.2) is 78.5 Å². The Morgan fingerprint density at radius 3 is 2.56 bits per heavy atom. The molecule has 2 saturated heterocycles. The maximum absolute atomic E-state index is 15.0. The summed E-state index contributed by atoms with van der Waals surface area (Å²) in [5.74, 6) is 4.84. The van der Waals surface area contributed by atoms with E-state index in [4.69, 9.17) is 0 Å². The Balaban J connectivity index is 1.42. The summed E-state index contributed by atoms with van der Waals surface area (Å²) in [5, 5.41) is 6.28. The number of nitrogens with one attached hydrogen (secondary N) is 2. The van der Waals surface area contributed by atoms with Gasteiger partial charge in [0.25, 0.3) is 5.56 Å². The predicted octanol–water partition coefficient (Wildman–Crippen LogP) is 3.06. The van der Waals surface area contributed by atoms with Gasteiger partial charge in [0.1, 0.15) is 18.0 Å². The van der Waals surface area contributed by atoms with Crippen LogP contribution < -0.4 is 21.1 Å². The third kappa shape index (κ3) is 7.43. The summed E-state index contributed by atoms with van der Waals surface area (Å²) < 4.78 is 80.9. The second kappa shape index (κ2) is 12.1. The first-order valence-electron chi connectivity index (χ1n) is 13.8. The second-order valence-electron chi connectivity index (χ2n) is 10.8. The van der Waals surface area contributed by atoms with Crippen molar-refractivity contribution in [3.8, 4) is 11.8 Å². The Hall–Kier alpha value is -3.74. The van der Waals surface area contributed by atoms with Crippen LogP contribution >= 0.6 is 0 Å². The summed E-state index contributed by atoms with van der Waals surface area (Å²) >= 11 is 0. The lowest BCUT2D eigenvalue weighted by molar-refractivity contribution is -0.140. The van der Waals surface area contributed by atoms with E-state index in [0.717, 1.165) is 12.8 Å². The van der Waals surface area contributed by atoms with Gasteiger partial charge in [0.2, 0.25) is 16.0 Å². The highest BCUT2D eigenvalue weighted by molar-refractivity contribution is 7.88. The van der Waals surface area contributed by atoms with Crippen LogP contribution in [0.5, 0.6) is 0 Å². The lowest BCUT2D eigenvalue weighted by Crippen LogP contribution is -2.49. The molecule has 0 aliphatic carbocycles. The van der Waals surface area contributed by atoms with E-state index >= 15 is 0 Å². The Bertz CT molecular complexity index is 1740. The number of anilines is 3. The largest absolute Gasteiger partial charge is 0.406 e. The fourth-order valence-electron chi connectivity index (χ4n) is 5.27. The minimum absolute atomic E-state index is 0.109. The maximum atomic E-state index is 15.0. The van der Waals surface area contributed by atoms with Crippen molar-refractivity contribution in [3.05, 3.63) is 52.2 Å². The summed E-state index contributed by atoms with van der Waals surface area (Å²) in [4.78, 5) is 23.5. The van der Waals surface area contributed by atoms with E-state index < -0.39 is 34.1 Å². The number of fused-ring (bicyclic) bond motifs is 1. The number of rotatable bonds is 5. The van der Waals surface area contributed by atoms with Gasteiger partial charge in [0, 0.05) is 62.0 Å². The number of hydrogen-bond acceptors (Lipinski definition) is 8. The molecule has 230 valence electrons.